The van der Waals surface area contributed by atoms with E-state index in [4.69, 9.17) is 0 Å². The van der Waals surface area contributed by atoms with Gasteiger partial charge in [-0.05, 0) is 49.9 Å². The molecule has 0 saturated carbocycles. The zero-order valence-corrected chi connectivity index (χ0v) is 22.8. The summed E-state index contributed by atoms with van der Waals surface area (Å²) in [5, 5.41) is 13.4. The summed E-state index contributed by atoms with van der Waals surface area (Å²) in [5.74, 6) is 1.60. The van der Waals surface area contributed by atoms with Crippen molar-refractivity contribution < 1.29 is 4.79 Å². The van der Waals surface area contributed by atoms with Gasteiger partial charge >= 0.3 is 0 Å². The van der Waals surface area contributed by atoms with Gasteiger partial charge in [0.1, 0.15) is 0 Å². The number of nitrogens with zero attached hydrogens (tertiary/aromatic N) is 3. The van der Waals surface area contributed by atoms with Crippen molar-refractivity contribution in [1.82, 2.24) is 20.1 Å². The molecule has 0 aliphatic rings. The van der Waals surface area contributed by atoms with Crippen LogP contribution >= 0.6 is 11.8 Å². The molecule has 0 fully saturated rings. The van der Waals surface area contributed by atoms with Crippen LogP contribution in [0.3, 0.4) is 0 Å². The largest absolute Gasteiger partial charge is 0.346 e. The van der Waals surface area contributed by atoms with Gasteiger partial charge in [0.15, 0.2) is 11.0 Å². The van der Waals surface area contributed by atoms with E-state index in [1.165, 1.54) is 16.7 Å². The summed E-state index contributed by atoms with van der Waals surface area (Å²) < 4.78 is 2.11. The molecule has 0 bridgehead atoms. The van der Waals surface area contributed by atoms with E-state index in [2.05, 4.69) is 102 Å². The van der Waals surface area contributed by atoms with E-state index in [0.717, 1.165) is 47.2 Å². The van der Waals surface area contributed by atoms with Gasteiger partial charge in [-0.1, -0.05) is 109 Å². The van der Waals surface area contributed by atoms with Crippen LogP contribution in [0.2, 0.25) is 0 Å². The van der Waals surface area contributed by atoms with Gasteiger partial charge in [-0.3, -0.25) is 9.36 Å². The van der Waals surface area contributed by atoms with Crippen LogP contribution < -0.4 is 5.32 Å². The highest BCUT2D eigenvalue weighted by atomic mass is 32.2. The Hall–Kier alpha value is -3.38. The maximum Gasteiger partial charge on any atom is 0.220 e. The van der Waals surface area contributed by atoms with Gasteiger partial charge < -0.3 is 5.32 Å². The first kappa shape index (κ1) is 26.7. The van der Waals surface area contributed by atoms with Crippen molar-refractivity contribution in [3.63, 3.8) is 0 Å². The van der Waals surface area contributed by atoms with Gasteiger partial charge in [0.2, 0.25) is 5.91 Å². The molecule has 4 aromatic rings. The number of aryl methyl sites for hydroxylation is 2. The van der Waals surface area contributed by atoms with Crippen molar-refractivity contribution in [3.05, 3.63) is 107 Å². The first-order valence-electron chi connectivity index (χ1n) is 13.1. The molecule has 0 radical (unpaired) electrons. The second kappa shape index (κ2) is 13.2. The van der Waals surface area contributed by atoms with Crippen LogP contribution in [0, 0.1) is 13.8 Å². The third-order valence-corrected chi connectivity index (χ3v) is 7.34. The molecule has 1 aromatic heterocycles. The van der Waals surface area contributed by atoms with Gasteiger partial charge in [0.05, 0.1) is 6.04 Å². The van der Waals surface area contributed by atoms with Crippen molar-refractivity contribution in [2.75, 3.05) is 0 Å². The van der Waals surface area contributed by atoms with Crippen molar-refractivity contribution in [2.24, 2.45) is 0 Å². The lowest BCUT2D eigenvalue weighted by atomic mass is 10.0. The van der Waals surface area contributed by atoms with E-state index in [1.807, 2.05) is 18.2 Å². The lowest BCUT2D eigenvalue weighted by molar-refractivity contribution is -0.122. The van der Waals surface area contributed by atoms with Crippen LogP contribution in [-0.2, 0) is 17.0 Å². The molecule has 1 amide bonds. The number of hydrogen-bond donors (Lipinski definition) is 1. The summed E-state index contributed by atoms with van der Waals surface area (Å²) >= 11 is 1.66. The molecule has 0 aliphatic carbocycles. The highest BCUT2D eigenvalue weighted by Crippen LogP contribution is 2.29. The first-order valence-corrected chi connectivity index (χ1v) is 14.1. The molecule has 0 saturated heterocycles. The third-order valence-electron chi connectivity index (χ3n) is 6.34. The molecular weight excluding hydrogens is 476 g/mol. The molecule has 1 unspecified atom stereocenters. The number of benzene rings is 3. The van der Waals surface area contributed by atoms with E-state index >= 15 is 0 Å². The van der Waals surface area contributed by atoms with Gasteiger partial charge in [0.25, 0.3) is 0 Å². The molecule has 0 aliphatic heterocycles. The van der Waals surface area contributed by atoms with Crippen molar-refractivity contribution in [3.8, 4) is 5.69 Å². The number of rotatable bonds is 12. The van der Waals surface area contributed by atoms with Gasteiger partial charge in [-0.15, -0.1) is 10.2 Å². The van der Waals surface area contributed by atoms with E-state index in [0.29, 0.717) is 12.8 Å². The molecule has 1 N–H and O–H groups in total. The topological polar surface area (TPSA) is 59.8 Å². The standard InChI is InChI=1S/C31H36N4OS/c1-4-5-7-15-29(36)32-28(21-25-12-8-6-9-13-25)30-33-34-31(35(30)27-18-16-23(2)17-19-27)37-22-26-14-10-11-24(3)20-26/h6,8-14,16-20,28H,4-5,7,15,21-22H2,1-3H3,(H,32,36). The second-order valence-electron chi connectivity index (χ2n) is 9.56. The minimum Gasteiger partial charge on any atom is -0.346 e. The normalized spacial score (nSPS) is 11.9. The minimum atomic E-state index is -0.293. The zero-order chi connectivity index (χ0) is 26.0. The predicted molar refractivity (Wildman–Crippen MR) is 152 cm³/mol. The highest BCUT2D eigenvalue weighted by molar-refractivity contribution is 7.98. The van der Waals surface area contributed by atoms with E-state index in [-0.39, 0.29) is 11.9 Å². The molecule has 5 nitrogen and oxygen atoms in total. The summed E-state index contributed by atoms with van der Waals surface area (Å²) in [6, 6.07) is 26.9. The second-order valence-corrected chi connectivity index (χ2v) is 10.5. The maximum absolute atomic E-state index is 13.0. The van der Waals surface area contributed by atoms with Crippen LogP contribution in [0.1, 0.15) is 66.7 Å². The minimum absolute atomic E-state index is 0.0572. The number of amides is 1. The van der Waals surface area contributed by atoms with Crippen LogP contribution in [0.15, 0.2) is 84.0 Å². The predicted octanol–water partition coefficient (Wildman–Crippen LogP) is 7.16. The monoisotopic (exact) mass is 512 g/mol. The fourth-order valence-electron chi connectivity index (χ4n) is 4.35. The van der Waals surface area contributed by atoms with Crippen LogP contribution in [0.4, 0.5) is 0 Å². The Morgan fingerprint density at radius 1 is 0.892 bits per heavy atom. The molecule has 37 heavy (non-hydrogen) atoms. The smallest absolute Gasteiger partial charge is 0.220 e. The number of aromatic nitrogens is 3. The fourth-order valence-corrected chi connectivity index (χ4v) is 5.25. The summed E-state index contributed by atoms with van der Waals surface area (Å²) in [5.41, 5.74) is 5.82. The fraction of sp³-hybridized carbons (Fsp3) is 0.323. The Kier molecular flexibility index (Phi) is 9.55. The number of carbonyl (C=O) groups is 1. The highest BCUT2D eigenvalue weighted by Gasteiger charge is 2.25. The Balaban J connectivity index is 1.68. The van der Waals surface area contributed by atoms with Gasteiger partial charge in [-0.25, -0.2) is 0 Å². The summed E-state index contributed by atoms with van der Waals surface area (Å²) in [4.78, 5) is 13.0. The first-order chi connectivity index (χ1) is 18.0. The zero-order valence-electron chi connectivity index (χ0n) is 22.0. The third kappa shape index (κ3) is 7.56. The van der Waals surface area contributed by atoms with Gasteiger partial charge in [-0.2, -0.15) is 0 Å². The summed E-state index contributed by atoms with van der Waals surface area (Å²) in [6.07, 6.45) is 4.20. The molecule has 1 atom stereocenters. The molecule has 192 valence electrons. The summed E-state index contributed by atoms with van der Waals surface area (Å²) in [7, 11) is 0. The van der Waals surface area contributed by atoms with E-state index in [1.54, 1.807) is 11.8 Å². The van der Waals surface area contributed by atoms with E-state index in [9.17, 15) is 4.79 Å². The number of thioether (sulfide) groups is 1. The van der Waals surface area contributed by atoms with Crippen LogP contribution in [-0.4, -0.2) is 20.7 Å². The van der Waals surface area contributed by atoms with Crippen LogP contribution in [0.25, 0.3) is 5.69 Å². The number of hydrogen-bond acceptors (Lipinski definition) is 4. The molecular formula is C31H36N4OS. The Morgan fingerprint density at radius 3 is 2.38 bits per heavy atom. The summed E-state index contributed by atoms with van der Waals surface area (Å²) in [6.45, 7) is 6.34. The Labute approximate surface area is 224 Å². The lowest BCUT2D eigenvalue weighted by Gasteiger charge is -2.20. The van der Waals surface area contributed by atoms with Crippen molar-refractivity contribution >= 4 is 17.7 Å². The van der Waals surface area contributed by atoms with Crippen molar-refractivity contribution in [1.29, 1.82) is 0 Å². The Bertz CT molecular complexity index is 1280. The average molecular weight is 513 g/mol. The molecule has 1 heterocycles. The SMILES string of the molecule is CCCCCC(=O)NC(Cc1ccccc1)c1nnc(SCc2cccc(C)c2)n1-c1ccc(C)cc1. The maximum atomic E-state index is 13.0. The molecule has 6 heteroatoms. The Morgan fingerprint density at radius 2 is 1.65 bits per heavy atom. The molecule has 3 aromatic carbocycles. The van der Waals surface area contributed by atoms with E-state index < -0.39 is 0 Å². The number of nitrogens with one attached hydrogen (secondary N) is 1. The number of carbonyl (C=O) groups excluding carboxylic acids is 1. The molecule has 0 spiro atoms. The number of unbranched alkanes of at least 4 members (excludes halogenated alkanes) is 2. The average Bonchev–Trinajstić information content (AvgIpc) is 3.32. The lowest BCUT2D eigenvalue weighted by Crippen LogP contribution is -2.31. The van der Waals surface area contributed by atoms with Crippen LogP contribution in [0.5, 0.6) is 0 Å². The molecule has 4 rings (SSSR count). The quantitative estimate of drug-likeness (QED) is 0.162. The van der Waals surface area contributed by atoms with Crippen molar-refractivity contribution in [2.45, 2.75) is 69.8 Å². The van der Waals surface area contributed by atoms with Gasteiger partial charge in [0, 0.05) is 17.9 Å².